The quantitative estimate of drug-likeness (QED) is 0.844. The van der Waals surface area contributed by atoms with Gasteiger partial charge in [-0.15, -0.1) is 11.8 Å². The maximum Gasteiger partial charge on any atom is 0.308 e. The highest BCUT2D eigenvalue weighted by molar-refractivity contribution is 7.99. The number of amides is 2. The summed E-state index contributed by atoms with van der Waals surface area (Å²) in [5, 5.41) is 9.18. The van der Waals surface area contributed by atoms with Crippen LogP contribution in [0, 0.1) is 5.92 Å². The Morgan fingerprint density at radius 2 is 2.00 bits per heavy atom. The van der Waals surface area contributed by atoms with E-state index in [-0.39, 0.29) is 18.4 Å². The van der Waals surface area contributed by atoms with Gasteiger partial charge in [-0.2, -0.15) is 0 Å². The van der Waals surface area contributed by atoms with Crippen molar-refractivity contribution in [2.45, 2.75) is 26.4 Å². The van der Waals surface area contributed by atoms with Crippen LogP contribution >= 0.6 is 11.8 Å². The van der Waals surface area contributed by atoms with Gasteiger partial charge in [-0.25, -0.2) is 0 Å². The van der Waals surface area contributed by atoms with E-state index in [1.54, 1.807) is 16.7 Å². The van der Waals surface area contributed by atoms with E-state index in [0.717, 1.165) is 5.56 Å². The molecule has 130 valence electrons. The third-order valence-electron chi connectivity index (χ3n) is 4.02. The number of carbonyl (C=O) groups excluding carboxylic acids is 2. The van der Waals surface area contributed by atoms with Crippen LogP contribution in [0.5, 0.6) is 0 Å². The first kappa shape index (κ1) is 18.3. The number of nitrogens with zero attached hydrogens (tertiary/aromatic N) is 2. The Labute approximate surface area is 145 Å². The van der Waals surface area contributed by atoms with Crippen LogP contribution in [0.25, 0.3) is 0 Å². The van der Waals surface area contributed by atoms with Crippen LogP contribution in [0.2, 0.25) is 0 Å². The minimum Gasteiger partial charge on any atom is -0.481 e. The van der Waals surface area contributed by atoms with Gasteiger partial charge in [-0.3, -0.25) is 14.4 Å². The minimum absolute atomic E-state index is 0.121. The van der Waals surface area contributed by atoms with Crippen LogP contribution in [0.1, 0.15) is 19.4 Å². The fraction of sp³-hybridized carbons (Fsp3) is 0.471. The first-order valence-corrected chi connectivity index (χ1v) is 8.96. The van der Waals surface area contributed by atoms with E-state index in [1.807, 2.05) is 30.3 Å². The van der Waals surface area contributed by atoms with Gasteiger partial charge in [0.1, 0.15) is 6.04 Å². The molecule has 1 heterocycles. The number of benzene rings is 1. The third-order valence-corrected chi connectivity index (χ3v) is 5.03. The summed E-state index contributed by atoms with van der Waals surface area (Å²) in [7, 11) is 0. The monoisotopic (exact) mass is 350 g/mol. The fourth-order valence-electron chi connectivity index (χ4n) is 2.61. The highest BCUT2D eigenvalue weighted by Gasteiger charge is 2.36. The number of aliphatic carboxylic acids is 1. The second kappa shape index (κ2) is 8.19. The molecule has 2 amide bonds. The smallest absolute Gasteiger partial charge is 0.308 e. The van der Waals surface area contributed by atoms with Gasteiger partial charge in [-0.05, 0) is 5.56 Å². The van der Waals surface area contributed by atoms with E-state index in [0.29, 0.717) is 18.2 Å². The van der Waals surface area contributed by atoms with E-state index in [1.165, 1.54) is 18.7 Å². The largest absolute Gasteiger partial charge is 0.481 e. The number of thioether (sulfide) groups is 1. The molecule has 2 atom stereocenters. The Morgan fingerprint density at radius 3 is 2.58 bits per heavy atom. The van der Waals surface area contributed by atoms with Gasteiger partial charge in [0.25, 0.3) is 0 Å². The summed E-state index contributed by atoms with van der Waals surface area (Å²) < 4.78 is 0. The highest BCUT2D eigenvalue weighted by atomic mass is 32.2. The molecule has 2 rings (SSSR count). The van der Waals surface area contributed by atoms with Gasteiger partial charge >= 0.3 is 5.97 Å². The Balaban J connectivity index is 2.18. The lowest BCUT2D eigenvalue weighted by Gasteiger charge is -2.30. The predicted molar refractivity (Wildman–Crippen MR) is 92.3 cm³/mol. The van der Waals surface area contributed by atoms with Crippen LogP contribution in [-0.4, -0.2) is 56.9 Å². The summed E-state index contributed by atoms with van der Waals surface area (Å²) in [4.78, 5) is 39.0. The molecule has 1 N–H and O–H groups in total. The van der Waals surface area contributed by atoms with Gasteiger partial charge in [0.2, 0.25) is 11.8 Å². The second-order valence-corrected chi connectivity index (χ2v) is 6.95. The molecule has 1 aromatic carbocycles. The second-order valence-electron chi connectivity index (χ2n) is 5.95. The molecule has 0 bridgehead atoms. The number of rotatable bonds is 6. The van der Waals surface area contributed by atoms with Crippen molar-refractivity contribution in [1.29, 1.82) is 0 Å². The molecule has 1 aliphatic rings. The molecule has 1 aromatic rings. The summed E-state index contributed by atoms with van der Waals surface area (Å²) in [6, 6.07) is 8.94. The number of hydrogen-bond donors (Lipinski definition) is 1. The van der Waals surface area contributed by atoms with Crippen LogP contribution in [0.15, 0.2) is 30.3 Å². The zero-order valence-corrected chi connectivity index (χ0v) is 14.7. The first-order valence-electron chi connectivity index (χ1n) is 7.80. The maximum absolute atomic E-state index is 12.9. The van der Waals surface area contributed by atoms with Crippen molar-refractivity contribution in [2.75, 3.05) is 18.2 Å². The van der Waals surface area contributed by atoms with Crippen LogP contribution < -0.4 is 0 Å². The molecule has 0 saturated carbocycles. The lowest BCUT2D eigenvalue weighted by Crippen LogP contribution is -2.49. The molecule has 6 nitrogen and oxygen atoms in total. The topological polar surface area (TPSA) is 77.9 Å². The zero-order chi connectivity index (χ0) is 17.7. The van der Waals surface area contributed by atoms with Crippen molar-refractivity contribution in [2.24, 2.45) is 5.92 Å². The summed E-state index contributed by atoms with van der Waals surface area (Å²) in [5.41, 5.74) is 0.934. The molecule has 1 saturated heterocycles. The fourth-order valence-corrected chi connectivity index (χ4v) is 3.82. The van der Waals surface area contributed by atoms with Crippen molar-refractivity contribution >= 4 is 29.5 Å². The maximum atomic E-state index is 12.9. The Morgan fingerprint density at radius 1 is 1.33 bits per heavy atom. The molecule has 7 heteroatoms. The molecule has 1 fully saturated rings. The molecule has 0 aromatic heterocycles. The van der Waals surface area contributed by atoms with E-state index in [2.05, 4.69) is 0 Å². The number of carboxylic acid groups (broad SMARTS) is 1. The van der Waals surface area contributed by atoms with E-state index in [9.17, 15) is 19.5 Å². The molecule has 0 aliphatic carbocycles. The predicted octanol–water partition coefficient (Wildman–Crippen LogP) is 1.66. The van der Waals surface area contributed by atoms with Crippen LogP contribution in [0.4, 0.5) is 0 Å². The average molecular weight is 350 g/mol. The number of carboxylic acids is 1. The number of carbonyl (C=O) groups is 3. The lowest BCUT2D eigenvalue weighted by atomic mass is 10.1. The van der Waals surface area contributed by atoms with Crippen molar-refractivity contribution in [3.05, 3.63) is 35.9 Å². The highest BCUT2D eigenvalue weighted by Crippen LogP contribution is 2.23. The van der Waals surface area contributed by atoms with Crippen molar-refractivity contribution in [3.63, 3.8) is 0 Å². The van der Waals surface area contributed by atoms with E-state index in [4.69, 9.17) is 0 Å². The normalized spacial score (nSPS) is 18.2. The summed E-state index contributed by atoms with van der Waals surface area (Å²) in [5.74, 6) is -0.885. The summed E-state index contributed by atoms with van der Waals surface area (Å²) >= 11 is 1.54. The van der Waals surface area contributed by atoms with Gasteiger partial charge in [-0.1, -0.05) is 37.3 Å². The third kappa shape index (κ3) is 4.50. The number of hydrogen-bond acceptors (Lipinski definition) is 4. The van der Waals surface area contributed by atoms with Gasteiger partial charge in [0.05, 0.1) is 11.8 Å². The standard InChI is InChI=1S/C17H22N2O4S/c1-12(17(22)23)8-18(9-14-6-4-3-5-7-14)16(21)15-10-24-11-19(15)13(2)20/h3-7,12,15H,8-11H2,1-2H3,(H,22,23)/t12-,15-/m1/s1. The van der Waals surface area contributed by atoms with Crippen LogP contribution in [-0.2, 0) is 20.9 Å². The lowest BCUT2D eigenvalue weighted by molar-refractivity contribution is -0.146. The molecule has 1 aliphatic heterocycles. The summed E-state index contributed by atoms with van der Waals surface area (Å²) in [6.07, 6.45) is 0. The minimum atomic E-state index is -0.940. The molecular weight excluding hydrogens is 328 g/mol. The van der Waals surface area contributed by atoms with Gasteiger partial charge in [0, 0.05) is 25.8 Å². The Hall–Kier alpha value is -2.02. The average Bonchev–Trinajstić information content (AvgIpc) is 3.04. The van der Waals surface area contributed by atoms with Crippen molar-refractivity contribution in [1.82, 2.24) is 9.80 Å². The van der Waals surface area contributed by atoms with Gasteiger partial charge in [0.15, 0.2) is 0 Å². The van der Waals surface area contributed by atoms with Crippen LogP contribution in [0.3, 0.4) is 0 Å². The zero-order valence-electron chi connectivity index (χ0n) is 13.8. The van der Waals surface area contributed by atoms with E-state index < -0.39 is 17.9 Å². The van der Waals surface area contributed by atoms with E-state index >= 15 is 0 Å². The molecule has 0 spiro atoms. The molecular formula is C17H22N2O4S. The van der Waals surface area contributed by atoms with Crippen molar-refractivity contribution in [3.8, 4) is 0 Å². The summed E-state index contributed by atoms with van der Waals surface area (Å²) in [6.45, 7) is 3.49. The first-order chi connectivity index (χ1) is 11.4. The SMILES string of the molecule is CC(=O)N1CSC[C@@H]1C(=O)N(Cc1ccccc1)C[C@@H](C)C(=O)O. The molecule has 24 heavy (non-hydrogen) atoms. The van der Waals surface area contributed by atoms with Gasteiger partial charge < -0.3 is 14.9 Å². The Kier molecular flexibility index (Phi) is 6.25. The van der Waals surface area contributed by atoms with Crippen molar-refractivity contribution < 1.29 is 19.5 Å². The molecule has 0 radical (unpaired) electrons. The Bertz CT molecular complexity index is 608. The molecule has 0 unspecified atom stereocenters.